The highest BCUT2D eigenvalue weighted by Gasteiger charge is 2.28. The van der Waals surface area contributed by atoms with Crippen molar-refractivity contribution in [1.29, 1.82) is 0 Å². The van der Waals surface area contributed by atoms with Gasteiger partial charge in [-0.15, -0.1) is 0 Å². The second kappa shape index (κ2) is 5.94. The molecule has 0 bridgehead atoms. The van der Waals surface area contributed by atoms with Crippen LogP contribution in [0.1, 0.15) is 26.7 Å². The maximum atomic E-state index is 11.0. The van der Waals surface area contributed by atoms with Crippen LogP contribution in [-0.4, -0.2) is 24.3 Å². The van der Waals surface area contributed by atoms with E-state index in [0.717, 1.165) is 12.8 Å². The molecule has 0 aliphatic rings. The van der Waals surface area contributed by atoms with Crippen LogP contribution in [0.5, 0.6) is 0 Å². The lowest BCUT2D eigenvalue weighted by atomic mass is 9.88. The van der Waals surface area contributed by atoms with Crippen molar-refractivity contribution < 1.29 is 9.90 Å². The average Bonchev–Trinajstić information content (AvgIpc) is 2.04. The van der Waals surface area contributed by atoms with Crippen LogP contribution in [0.2, 0.25) is 0 Å². The van der Waals surface area contributed by atoms with Crippen LogP contribution >= 0.6 is 0 Å². The van der Waals surface area contributed by atoms with E-state index in [9.17, 15) is 9.90 Å². The molecule has 2 unspecified atom stereocenters. The highest BCUT2D eigenvalue weighted by Crippen LogP contribution is 2.19. The van der Waals surface area contributed by atoms with Crippen LogP contribution in [0.3, 0.4) is 0 Å². The van der Waals surface area contributed by atoms with Gasteiger partial charge in [0.05, 0.1) is 5.92 Å². The lowest BCUT2D eigenvalue weighted by molar-refractivity contribution is -0.128. The molecule has 0 spiro atoms. The Hall–Kier alpha value is -0.610. The summed E-state index contributed by atoms with van der Waals surface area (Å²) in [4.78, 5) is 11.0. The molecule has 4 heteroatoms. The molecule has 78 valence electrons. The molecule has 0 aromatic heterocycles. The first kappa shape index (κ1) is 12.4. The highest BCUT2D eigenvalue weighted by atomic mass is 16.3. The van der Waals surface area contributed by atoms with E-state index >= 15 is 0 Å². The summed E-state index contributed by atoms with van der Waals surface area (Å²) in [7, 11) is 1.61. The Kier molecular flexibility index (Phi) is 5.66. The first-order valence-electron chi connectivity index (χ1n) is 4.69. The Morgan fingerprint density at radius 1 is 1.62 bits per heavy atom. The number of aliphatic hydroxyl groups excluding tert-OH is 1. The number of carbonyl (C=O) groups excluding carboxylic acids is 1. The van der Waals surface area contributed by atoms with E-state index in [1.54, 1.807) is 7.05 Å². The lowest BCUT2D eigenvalue weighted by Crippen LogP contribution is -2.44. The first-order chi connectivity index (χ1) is 6.04. The molecule has 0 heterocycles. The number of primary amides is 1. The SMILES string of the molecule is CCC[C@H](C)C(C(N)=O)C(O)NC. The van der Waals surface area contributed by atoms with Crippen molar-refractivity contribution in [3.05, 3.63) is 0 Å². The van der Waals surface area contributed by atoms with Crippen molar-refractivity contribution in [2.45, 2.75) is 32.9 Å². The minimum atomic E-state index is -0.834. The van der Waals surface area contributed by atoms with Crippen molar-refractivity contribution in [1.82, 2.24) is 5.32 Å². The number of hydrogen-bond acceptors (Lipinski definition) is 3. The maximum absolute atomic E-state index is 11.0. The molecular formula is C9H20N2O2. The smallest absolute Gasteiger partial charge is 0.224 e. The summed E-state index contributed by atoms with van der Waals surface area (Å²) in [5.74, 6) is -0.822. The summed E-state index contributed by atoms with van der Waals surface area (Å²) < 4.78 is 0. The monoisotopic (exact) mass is 188 g/mol. The Morgan fingerprint density at radius 2 is 2.15 bits per heavy atom. The predicted octanol–water partition coefficient (Wildman–Crippen LogP) is 0.0619. The van der Waals surface area contributed by atoms with Crippen LogP contribution in [0.25, 0.3) is 0 Å². The van der Waals surface area contributed by atoms with Crippen molar-refractivity contribution in [3.63, 3.8) is 0 Å². The third kappa shape index (κ3) is 3.74. The molecular weight excluding hydrogens is 168 g/mol. The number of amides is 1. The van der Waals surface area contributed by atoms with Crippen molar-refractivity contribution in [2.24, 2.45) is 17.6 Å². The van der Waals surface area contributed by atoms with Crippen LogP contribution in [0, 0.1) is 11.8 Å². The van der Waals surface area contributed by atoms with Gasteiger partial charge in [-0.2, -0.15) is 0 Å². The van der Waals surface area contributed by atoms with E-state index in [-0.39, 0.29) is 5.92 Å². The molecule has 1 amide bonds. The van der Waals surface area contributed by atoms with Crippen molar-refractivity contribution in [3.8, 4) is 0 Å². The second-order valence-electron chi connectivity index (χ2n) is 3.43. The molecule has 0 saturated heterocycles. The molecule has 0 aliphatic carbocycles. The number of rotatable bonds is 6. The van der Waals surface area contributed by atoms with E-state index in [4.69, 9.17) is 5.73 Å². The zero-order valence-corrected chi connectivity index (χ0v) is 8.58. The van der Waals surface area contributed by atoms with E-state index in [1.807, 2.05) is 13.8 Å². The van der Waals surface area contributed by atoms with E-state index in [0.29, 0.717) is 0 Å². The Morgan fingerprint density at radius 3 is 2.46 bits per heavy atom. The highest BCUT2D eigenvalue weighted by molar-refractivity contribution is 5.77. The summed E-state index contributed by atoms with van der Waals surface area (Å²) in [5.41, 5.74) is 5.21. The van der Waals surface area contributed by atoms with E-state index < -0.39 is 18.1 Å². The fourth-order valence-electron chi connectivity index (χ4n) is 1.56. The molecule has 0 fully saturated rings. The summed E-state index contributed by atoms with van der Waals surface area (Å²) in [6.45, 7) is 3.97. The standard InChI is InChI=1S/C9H20N2O2/c1-4-5-6(2)7(8(10)12)9(13)11-3/h6-7,9,11,13H,4-5H2,1-3H3,(H2,10,12)/t6-,7?,9?/m0/s1. The molecule has 0 rings (SSSR count). The number of hydrogen-bond donors (Lipinski definition) is 3. The fraction of sp³-hybridized carbons (Fsp3) is 0.889. The minimum Gasteiger partial charge on any atom is -0.378 e. The fourth-order valence-corrected chi connectivity index (χ4v) is 1.56. The van der Waals surface area contributed by atoms with Gasteiger partial charge in [0.1, 0.15) is 6.23 Å². The van der Waals surface area contributed by atoms with Crippen LogP contribution in [0.15, 0.2) is 0 Å². The van der Waals surface area contributed by atoms with Gasteiger partial charge in [0.25, 0.3) is 0 Å². The minimum absolute atomic E-state index is 0.116. The normalized spacial score (nSPS) is 17.8. The molecule has 0 aliphatic heterocycles. The number of carbonyl (C=O) groups is 1. The van der Waals surface area contributed by atoms with Crippen molar-refractivity contribution in [2.75, 3.05) is 7.05 Å². The summed E-state index contributed by atoms with van der Waals surface area (Å²) in [6, 6.07) is 0. The maximum Gasteiger partial charge on any atom is 0.224 e. The van der Waals surface area contributed by atoms with Gasteiger partial charge < -0.3 is 10.8 Å². The van der Waals surface area contributed by atoms with Crippen molar-refractivity contribution >= 4 is 5.91 Å². The molecule has 3 atom stereocenters. The molecule has 0 saturated carbocycles. The number of nitrogens with one attached hydrogen (secondary N) is 1. The van der Waals surface area contributed by atoms with Gasteiger partial charge in [-0.3, -0.25) is 10.1 Å². The van der Waals surface area contributed by atoms with Gasteiger partial charge in [0.15, 0.2) is 0 Å². The molecule has 13 heavy (non-hydrogen) atoms. The van der Waals surface area contributed by atoms with Gasteiger partial charge in [-0.05, 0) is 13.0 Å². The van der Waals surface area contributed by atoms with Gasteiger partial charge >= 0.3 is 0 Å². The number of aliphatic hydroxyl groups is 1. The Balaban J connectivity index is 4.31. The Bertz CT molecular complexity index is 162. The summed E-state index contributed by atoms with van der Waals surface area (Å²) >= 11 is 0. The molecule has 0 radical (unpaired) electrons. The van der Waals surface area contributed by atoms with Crippen LogP contribution in [-0.2, 0) is 4.79 Å². The quantitative estimate of drug-likeness (QED) is 0.516. The Labute approximate surface area is 79.5 Å². The summed E-state index contributed by atoms with van der Waals surface area (Å²) in [5, 5.41) is 12.1. The predicted molar refractivity (Wildman–Crippen MR) is 51.8 cm³/mol. The van der Waals surface area contributed by atoms with Gasteiger partial charge in [-0.1, -0.05) is 26.7 Å². The zero-order valence-electron chi connectivity index (χ0n) is 8.58. The van der Waals surface area contributed by atoms with Crippen LogP contribution < -0.4 is 11.1 Å². The summed E-state index contributed by atoms with van der Waals surface area (Å²) in [6.07, 6.45) is 1.05. The molecule has 0 aromatic rings. The van der Waals surface area contributed by atoms with E-state index in [2.05, 4.69) is 5.32 Å². The van der Waals surface area contributed by atoms with Gasteiger partial charge in [0, 0.05) is 0 Å². The third-order valence-electron chi connectivity index (χ3n) is 2.32. The zero-order chi connectivity index (χ0) is 10.4. The topological polar surface area (TPSA) is 75.4 Å². The lowest BCUT2D eigenvalue weighted by Gasteiger charge is -2.25. The molecule has 4 N–H and O–H groups in total. The molecule has 0 aromatic carbocycles. The third-order valence-corrected chi connectivity index (χ3v) is 2.32. The van der Waals surface area contributed by atoms with Crippen LogP contribution in [0.4, 0.5) is 0 Å². The van der Waals surface area contributed by atoms with Gasteiger partial charge in [-0.25, -0.2) is 0 Å². The first-order valence-corrected chi connectivity index (χ1v) is 4.69. The molecule has 4 nitrogen and oxygen atoms in total. The largest absolute Gasteiger partial charge is 0.378 e. The second-order valence-corrected chi connectivity index (χ2v) is 3.43. The van der Waals surface area contributed by atoms with Gasteiger partial charge in [0.2, 0.25) is 5.91 Å². The van der Waals surface area contributed by atoms with E-state index in [1.165, 1.54) is 0 Å². The number of nitrogens with two attached hydrogens (primary N) is 1. The average molecular weight is 188 g/mol.